The Balaban J connectivity index is 2.41. The lowest BCUT2D eigenvalue weighted by Gasteiger charge is -2.31. The third-order valence-corrected chi connectivity index (χ3v) is 2.30. The van der Waals surface area contributed by atoms with Crippen molar-refractivity contribution in [3.63, 3.8) is 0 Å². The van der Waals surface area contributed by atoms with Gasteiger partial charge in [0.2, 0.25) is 0 Å². The molecule has 2 nitrogen and oxygen atoms in total. The summed E-state index contributed by atoms with van der Waals surface area (Å²) in [6, 6.07) is 0.480. The zero-order valence-electron chi connectivity index (χ0n) is 6.09. The Hall–Kier alpha value is -0.0800. The number of nitrogens with one attached hydrogen (secondary N) is 1. The zero-order valence-corrected chi connectivity index (χ0v) is 6.09. The molecular weight excluding hydrogens is 114 g/mol. The number of aliphatic hydroxyl groups is 1. The molecule has 1 aliphatic rings. The van der Waals surface area contributed by atoms with E-state index in [9.17, 15) is 5.11 Å². The molecule has 9 heavy (non-hydrogen) atoms. The van der Waals surface area contributed by atoms with Gasteiger partial charge in [-0.1, -0.05) is 6.92 Å². The van der Waals surface area contributed by atoms with Gasteiger partial charge in [0.05, 0.1) is 6.10 Å². The predicted molar refractivity (Wildman–Crippen MR) is 37.3 cm³/mol. The van der Waals surface area contributed by atoms with E-state index in [4.69, 9.17) is 0 Å². The first-order valence-corrected chi connectivity index (χ1v) is 3.63. The van der Waals surface area contributed by atoms with Crippen molar-refractivity contribution in [2.75, 3.05) is 6.54 Å². The molecular formula is C7H15NO. The van der Waals surface area contributed by atoms with Crippen molar-refractivity contribution >= 4 is 0 Å². The quantitative estimate of drug-likeness (QED) is 0.495. The van der Waals surface area contributed by atoms with Crippen molar-refractivity contribution in [3.8, 4) is 0 Å². The highest BCUT2D eigenvalue weighted by atomic mass is 16.3. The van der Waals surface area contributed by atoms with Gasteiger partial charge in [0.25, 0.3) is 0 Å². The highest BCUT2D eigenvalue weighted by molar-refractivity contribution is 4.80. The average molecular weight is 129 g/mol. The molecule has 1 fully saturated rings. The molecule has 2 heteroatoms. The normalized spacial score (nSPS) is 45.0. The summed E-state index contributed by atoms with van der Waals surface area (Å²) in [7, 11) is 0. The topological polar surface area (TPSA) is 32.3 Å². The van der Waals surface area contributed by atoms with Crippen LogP contribution < -0.4 is 5.32 Å². The molecule has 0 bridgehead atoms. The molecule has 1 rings (SSSR count). The van der Waals surface area contributed by atoms with Gasteiger partial charge < -0.3 is 10.4 Å². The average Bonchev–Trinajstić information content (AvgIpc) is 1.83. The van der Waals surface area contributed by atoms with Crippen LogP contribution in [-0.4, -0.2) is 23.8 Å². The molecule has 0 aromatic carbocycles. The molecule has 1 heterocycles. The van der Waals surface area contributed by atoms with Gasteiger partial charge in [-0.15, -0.1) is 0 Å². The molecule has 2 N–H and O–H groups in total. The summed E-state index contributed by atoms with van der Waals surface area (Å²) < 4.78 is 0. The molecule has 54 valence electrons. The smallest absolute Gasteiger partial charge is 0.0592 e. The highest BCUT2D eigenvalue weighted by Crippen LogP contribution is 2.15. The summed E-state index contributed by atoms with van der Waals surface area (Å²) in [4.78, 5) is 0. The lowest BCUT2D eigenvalue weighted by molar-refractivity contribution is 0.0661. The van der Waals surface area contributed by atoms with Crippen molar-refractivity contribution in [3.05, 3.63) is 0 Å². The van der Waals surface area contributed by atoms with Crippen LogP contribution in [0.4, 0.5) is 0 Å². The molecule has 0 saturated carbocycles. The Morgan fingerprint density at radius 1 is 1.44 bits per heavy atom. The zero-order chi connectivity index (χ0) is 6.85. The van der Waals surface area contributed by atoms with Crippen LogP contribution in [0, 0.1) is 5.92 Å². The van der Waals surface area contributed by atoms with Crippen LogP contribution in [0.2, 0.25) is 0 Å². The van der Waals surface area contributed by atoms with E-state index in [1.807, 2.05) is 0 Å². The Morgan fingerprint density at radius 3 is 2.56 bits per heavy atom. The maximum absolute atomic E-state index is 9.31. The Labute approximate surface area is 56.3 Å². The first-order chi connectivity index (χ1) is 4.22. The number of piperidine rings is 1. The van der Waals surface area contributed by atoms with E-state index >= 15 is 0 Å². The summed E-state index contributed by atoms with van der Waals surface area (Å²) in [6.07, 6.45) is 0.826. The van der Waals surface area contributed by atoms with E-state index in [1.54, 1.807) is 0 Å². The monoisotopic (exact) mass is 129 g/mol. The van der Waals surface area contributed by atoms with Gasteiger partial charge >= 0.3 is 0 Å². The standard InChI is InChI=1S/C7H15NO/c1-5-6(2)8-4-3-7(5)9/h5-9H,3-4H2,1-2H3/t5-,6-,7+/m1/s1. The summed E-state index contributed by atoms with van der Waals surface area (Å²) in [5.74, 6) is 0.416. The summed E-state index contributed by atoms with van der Waals surface area (Å²) in [6.45, 7) is 5.17. The molecule has 1 saturated heterocycles. The lowest BCUT2D eigenvalue weighted by Crippen LogP contribution is -2.45. The van der Waals surface area contributed by atoms with Crippen molar-refractivity contribution < 1.29 is 5.11 Å². The minimum Gasteiger partial charge on any atom is -0.393 e. The second-order valence-corrected chi connectivity index (χ2v) is 2.96. The predicted octanol–water partition coefficient (Wildman–Crippen LogP) is 0.365. The van der Waals surface area contributed by atoms with Crippen LogP contribution in [0.25, 0.3) is 0 Å². The molecule has 0 aliphatic carbocycles. The van der Waals surface area contributed by atoms with E-state index in [0.717, 1.165) is 13.0 Å². The fourth-order valence-electron chi connectivity index (χ4n) is 1.24. The summed E-state index contributed by atoms with van der Waals surface area (Å²) in [5, 5.41) is 12.6. The van der Waals surface area contributed by atoms with Gasteiger partial charge in [0.1, 0.15) is 0 Å². The van der Waals surface area contributed by atoms with Crippen LogP contribution in [0.1, 0.15) is 20.3 Å². The van der Waals surface area contributed by atoms with Gasteiger partial charge in [-0.25, -0.2) is 0 Å². The number of rotatable bonds is 0. The van der Waals surface area contributed by atoms with Gasteiger partial charge in [-0.05, 0) is 25.8 Å². The van der Waals surface area contributed by atoms with Crippen LogP contribution in [0.5, 0.6) is 0 Å². The van der Waals surface area contributed by atoms with E-state index in [1.165, 1.54) is 0 Å². The summed E-state index contributed by atoms with van der Waals surface area (Å²) >= 11 is 0. The van der Waals surface area contributed by atoms with Crippen molar-refractivity contribution in [1.82, 2.24) is 5.32 Å². The Morgan fingerprint density at radius 2 is 2.11 bits per heavy atom. The number of hydrogen-bond donors (Lipinski definition) is 2. The van der Waals surface area contributed by atoms with Crippen molar-refractivity contribution in [2.24, 2.45) is 5.92 Å². The first kappa shape index (κ1) is 7.03. The van der Waals surface area contributed by atoms with Crippen LogP contribution in [-0.2, 0) is 0 Å². The van der Waals surface area contributed by atoms with Gasteiger partial charge in [-0.2, -0.15) is 0 Å². The fourth-order valence-corrected chi connectivity index (χ4v) is 1.24. The van der Waals surface area contributed by atoms with Crippen molar-refractivity contribution in [2.45, 2.75) is 32.4 Å². The second kappa shape index (κ2) is 2.67. The SMILES string of the molecule is C[C@H]1[C@@H](O)CCN[C@@H]1C. The number of hydrogen-bond acceptors (Lipinski definition) is 2. The maximum atomic E-state index is 9.31. The van der Waals surface area contributed by atoms with Crippen LogP contribution >= 0.6 is 0 Å². The third kappa shape index (κ3) is 1.43. The molecule has 0 aromatic rings. The van der Waals surface area contributed by atoms with E-state index in [0.29, 0.717) is 12.0 Å². The minimum absolute atomic E-state index is 0.0822. The maximum Gasteiger partial charge on any atom is 0.0592 e. The number of aliphatic hydroxyl groups excluding tert-OH is 1. The van der Waals surface area contributed by atoms with Crippen LogP contribution in [0.3, 0.4) is 0 Å². The van der Waals surface area contributed by atoms with Gasteiger partial charge in [0, 0.05) is 6.04 Å². The highest BCUT2D eigenvalue weighted by Gasteiger charge is 2.23. The van der Waals surface area contributed by atoms with E-state index in [2.05, 4.69) is 19.2 Å². The molecule has 0 unspecified atom stereocenters. The minimum atomic E-state index is -0.0822. The van der Waals surface area contributed by atoms with Crippen molar-refractivity contribution in [1.29, 1.82) is 0 Å². The lowest BCUT2D eigenvalue weighted by atomic mass is 9.91. The van der Waals surface area contributed by atoms with Crippen LogP contribution in [0.15, 0.2) is 0 Å². The van der Waals surface area contributed by atoms with E-state index < -0.39 is 0 Å². The van der Waals surface area contributed by atoms with Gasteiger partial charge in [-0.3, -0.25) is 0 Å². The summed E-state index contributed by atoms with van der Waals surface area (Å²) in [5.41, 5.74) is 0. The first-order valence-electron chi connectivity index (χ1n) is 3.63. The molecule has 1 aliphatic heterocycles. The van der Waals surface area contributed by atoms with Gasteiger partial charge in [0.15, 0.2) is 0 Å². The largest absolute Gasteiger partial charge is 0.393 e. The molecule has 0 spiro atoms. The molecule has 0 radical (unpaired) electrons. The fraction of sp³-hybridized carbons (Fsp3) is 1.00. The second-order valence-electron chi connectivity index (χ2n) is 2.96. The Bertz CT molecular complexity index is 84.9. The van der Waals surface area contributed by atoms with E-state index in [-0.39, 0.29) is 6.10 Å². The third-order valence-electron chi connectivity index (χ3n) is 2.30. The molecule has 0 aromatic heterocycles. The molecule has 3 atom stereocenters. The Kier molecular flexibility index (Phi) is 2.09. The molecule has 0 amide bonds.